The van der Waals surface area contributed by atoms with Crippen molar-refractivity contribution in [2.24, 2.45) is 0 Å². The Morgan fingerprint density at radius 2 is 1.83 bits per heavy atom. The van der Waals surface area contributed by atoms with Crippen molar-refractivity contribution in [1.82, 2.24) is 15.6 Å². The third kappa shape index (κ3) is 6.48. The molecule has 2 N–H and O–H groups in total. The smallest absolute Gasteiger partial charge is 0.229 e. The Morgan fingerprint density at radius 3 is 2.57 bits per heavy atom. The van der Waals surface area contributed by atoms with Gasteiger partial charge in [-0.25, -0.2) is 0 Å². The van der Waals surface area contributed by atoms with Gasteiger partial charge in [0.25, 0.3) is 0 Å². The lowest BCUT2D eigenvalue weighted by Gasteiger charge is -2.07. The lowest BCUT2D eigenvalue weighted by molar-refractivity contribution is -0.129. The molecule has 0 atom stereocenters. The minimum Gasteiger partial charge on any atom is -0.355 e. The minimum atomic E-state index is -0.311. The number of hydrogen-bond donors (Lipinski definition) is 2. The maximum atomic E-state index is 11.7. The highest BCUT2D eigenvalue weighted by molar-refractivity contribution is 6.30. The number of rotatable bonds is 7. The van der Waals surface area contributed by atoms with E-state index in [-0.39, 0.29) is 18.2 Å². The maximum absolute atomic E-state index is 11.7. The van der Waals surface area contributed by atoms with E-state index in [4.69, 9.17) is 11.6 Å². The Morgan fingerprint density at radius 1 is 1.04 bits per heavy atom. The second-order valence-electron chi connectivity index (χ2n) is 5.04. The zero-order valence-corrected chi connectivity index (χ0v) is 13.3. The van der Waals surface area contributed by atoms with E-state index in [1.54, 1.807) is 24.5 Å². The summed E-state index contributed by atoms with van der Waals surface area (Å²) in [7, 11) is 0. The Kier molecular flexibility index (Phi) is 6.56. The summed E-state index contributed by atoms with van der Waals surface area (Å²) in [6.45, 7) is 0.831. The zero-order valence-electron chi connectivity index (χ0n) is 12.6. The minimum absolute atomic E-state index is 0.185. The topological polar surface area (TPSA) is 71.1 Å². The van der Waals surface area contributed by atoms with Crippen LogP contribution in [0.4, 0.5) is 0 Å². The number of hydrogen-bond acceptors (Lipinski definition) is 3. The van der Waals surface area contributed by atoms with Gasteiger partial charge in [-0.3, -0.25) is 14.6 Å². The molecule has 2 aromatic rings. The molecule has 0 saturated carbocycles. The van der Waals surface area contributed by atoms with Crippen molar-refractivity contribution < 1.29 is 9.59 Å². The van der Waals surface area contributed by atoms with Gasteiger partial charge in [0.2, 0.25) is 11.8 Å². The molecule has 23 heavy (non-hydrogen) atoms. The number of carbonyl (C=O) groups is 2. The van der Waals surface area contributed by atoms with Crippen LogP contribution in [0.1, 0.15) is 17.5 Å². The lowest BCUT2D eigenvalue weighted by atomic mass is 10.1. The van der Waals surface area contributed by atoms with Crippen LogP contribution in [-0.4, -0.2) is 23.3 Å². The summed E-state index contributed by atoms with van der Waals surface area (Å²) in [6.07, 6.45) is 3.82. The predicted molar refractivity (Wildman–Crippen MR) is 88.9 cm³/mol. The Bertz CT molecular complexity index is 662. The van der Waals surface area contributed by atoms with Gasteiger partial charge in [0.1, 0.15) is 6.42 Å². The van der Waals surface area contributed by atoms with Gasteiger partial charge in [-0.1, -0.05) is 29.8 Å². The highest BCUT2D eigenvalue weighted by atomic mass is 35.5. The average Bonchev–Trinajstić information content (AvgIpc) is 2.54. The summed E-state index contributed by atoms with van der Waals surface area (Å²) in [6, 6.07) is 11.1. The molecular formula is C17H18ClN3O2. The maximum Gasteiger partial charge on any atom is 0.229 e. The summed E-state index contributed by atoms with van der Waals surface area (Å²) < 4.78 is 0. The van der Waals surface area contributed by atoms with Gasteiger partial charge in [-0.05, 0) is 35.7 Å². The molecule has 5 nitrogen and oxygen atoms in total. The lowest BCUT2D eigenvalue weighted by Crippen LogP contribution is -2.32. The van der Waals surface area contributed by atoms with E-state index in [9.17, 15) is 9.59 Å². The molecule has 1 aromatic heterocycles. The van der Waals surface area contributed by atoms with Crippen molar-refractivity contribution in [3.63, 3.8) is 0 Å². The number of nitrogens with one attached hydrogen (secondary N) is 2. The largest absolute Gasteiger partial charge is 0.355 e. The van der Waals surface area contributed by atoms with Crippen molar-refractivity contribution in [2.75, 3.05) is 6.54 Å². The van der Waals surface area contributed by atoms with Crippen LogP contribution < -0.4 is 10.6 Å². The Labute approximate surface area is 140 Å². The highest BCUT2D eigenvalue weighted by Gasteiger charge is 2.08. The molecule has 120 valence electrons. The van der Waals surface area contributed by atoms with Crippen molar-refractivity contribution in [2.45, 2.75) is 19.4 Å². The summed E-state index contributed by atoms with van der Waals surface area (Å²) in [5, 5.41) is 6.08. The summed E-state index contributed by atoms with van der Waals surface area (Å²) in [5.41, 5.74) is 1.93. The van der Waals surface area contributed by atoms with Crippen LogP contribution in [-0.2, 0) is 22.6 Å². The zero-order chi connectivity index (χ0) is 16.5. The van der Waals surface area contributed by atoms with Crippen LogP contribution >= 0.6 is 11.6 Å². The number of carbonyl (C=O) groups excluding carboxylic acids is 2. The van der Waals surface area contributed by atoms with E-state index < -0.39 is 0 Å². The fraction of sp³-hybridized carbons (Fsp3) is 0.235. The molecule has 0 unspecified atom stereocenters. The first-order valence-electron chi connectivity index (χ1n) is 7.30. The molecule has 0 bridgehead atoms. The van der Waals surface area contributed by atoms with E-state index in [1.807, 2.05) is 24.3 Å². The normalized spacial score (nSPS) is 10.1. The van der Waals surface area contributed by atoms with Crippen molar-refractivity contribution in [3.8, 4) is 0 Å². The molecule has 2 rings (SSSR count). The molecular weight excluding hydrogens is 314 g/mol. The number of aromatic nitrogens is 1. The van der Waals surface area contributed by atoms with Gasteiger partial charge in [0.05, 0.1) is 0 Å². The average molecular weight is 332 g/mol. The van der Waals surface area contributed by atoms with Crippen LogP contribution in [0.2, 0.25) is 5.02 Å². The molecule has 0 saturated heterocycles. The molecule has 0 aliphatic carbocycles. The number of benzene rings is 1. The van der Waals surface area contributed by atoms with E-state index >= 15 is 0 Å². The highest BCUT2D eigenvalue weighted by Crippen LogP contribution is 2.10. The molecule has 0 aliphatic rings. The number of pyridine rings is 1. The second-order valence-corrected chi connectivity index (χ2v) is 5.48. The van der Waals surface area contributed by atoms with Crippen molar-refractivity contribution in [1.29, 1.82) is 0 Å². The Hall–Kier alpha value is -2.40. The monoisotopic (exact) mass is 331 g/mol. The predicted octanol–water partition coefficient (Wildman–Crippen LogP) is 2.10. The fourth-order valence-electron chi connectivity index (χ4n) is 2.01. The third-order valence-corrected chi connectivity index (χ3v) is 3.39. The summed E-state index contributed by atoms with van der Waals surface area (Å²) >= 11 is 5.90. The van der Waals surface area contributed by atoms with Gasteiger partial charge in [0.15, 0.2) is 0 Å². The first kappa shape index (κ1) is 17.0. The van der Waals surface area contributed by atoms with E-state index in [0.717, 1.165) is 11.1 Å². The van der Waals surface area contributed by atoms with Gasteiger partial charge in [0, 0.05) is 30.5 Å². The summed E-state index contributed by atoms with van der Waals surface area (Å²) in [4.78, 5) is 27.4. The molecule has 0 fully saturated rings. The summed E-state index contributed by atoms with van der Waals surface area (Å²) in [5.74, 6) is -0.607. The van der Waals surface area contributed by atoms with Crippen LogP contribution in [0.5, 0.6) is 0 Å². The van der Waals surface area contributed by atoms with E-state index in [1.165, 1.54) is 0 Å². The fourth-order valence-corrected chi connectivity index (χ4v) is 2.23. The quantitative estimate of drug-likeness (QED) is 0.763. The van der Waals surface area contributed by atoms with Crippen molar-refractivity contribution in [3.05, 3.63) is 64.9 Å². The standard InChI is InChI=1S/C17H18ClN3O2/c18-15-5-1-3-13(9-15)6-8-20-16(22)10-17(23)21-12-14-4-2-7-19-11-14/h1-5,7,9,11H,6,8,10,12H2,(H,20,22)(H,21,23). The SMILES string of the molecule is O=C(CC(=O)NCc1cccnc1)NCCc1cccc(Cl)c1. The molecule has 0 spiro atoms. The van der Waals surface area contributed by atoms with E-state index in [0.29, 0.717) is 24.5 Å². The molecule has 0 aliphatic heterocycles. The molecule has 1 aromatic carbocycles. The van der Waals surface area contributed by atoms with Gasteiger partial charge >= 0.3 is 0 Å². The van der Waals surface area contributed by atoms with E-state index in [2.05, 4.69) is 15.6 Å². The third-order valence-electron chi connectivity index (χ3n) is 3.16. The second kappa shape index (κ2) is 8.90. The van der Waals surface area contributed by atoms with Crippen LogP contribution in [0.15, 0.2) is 48.8 Å². The van der Waals surface area contributed by atoms with Crippen LogP contribution in [0.3, 0.4) is 0 Å². The molecule has 6 heteroatoms. The number of amides is 2. The van der Waals surface area contributed by atoms with Crippen molar-refractivity contribution >= 4 is 23.4 Å². The number of nitrogens with zero attached hydrogens (tertiary/aromatic N) is 1. The van der Waals surface area contributed by atoms with Gasteiger partial charge < -0.3 is 10.6 Å². The molecule has 1 heterocycles. The van der Waals surface area contributed by atoms with Crippen LogP contribution in [0, 0.1) is 0 Å². The van der Waals surface area contributed by atoms with Gasteiger partial charge in [-0.2, -0.15) is 0 Å². The molecule has 2 amide bonds. The first-order valence-corrected chi connectivity index (χ1v) is 7.68. The first-order chi connectivity index (χ1) is 11.1. The van der Waals surface area contributed by atoms with Gasteiger partial charge in [-0.15, -0.1) is 0 Å². The molecule has 0 radical (unpaired) electrons. The number of halogens is 1. The Balaban J connectivity index is 1.65. The van der Waals surface area contributed by atoms with Crippen LogP contribution in [0.25, 0.3) is 0 Å².